The van der Waals surface area contributed by atoms with Crippen molar-refractivity contribution in [1.29, 1.82) is 0 Å². The summed E-state index contributed by atoms with van der Waals surface area (Å²) in [5.74, 6) is 1.10. The molecule has 2 aromatic carbocycles. The minimum Gasteiger partial charge on any atom is -0.356 e. The number of hydrogen-bond acceptors (Lipinski definition) is 1. The molecule has 0 radical (unpaired) electrons. The molecule has 2 fully saturated rings. The fourth-order valence-corrected chi connectivity index (χ4v) is 5.37. The van der Waals surface area contributed by atoms with Crippen LogP contribution in [-0.4, -0.2) is 22.3 Å². The highest BCUT2D eigenvalue weighted by molar-refractivity contribution is 6.31. The number of amides is 1. The van der Waals surface area contributed by atoms with Gasteiger partial charge in [-0.2, -0.15) is 0 Å². The Morgan fingerprint density at radius 1 is 1.15 bits per heavy atom. The quantitative estimate of drug-likeness (QED) is 0.650. The summed E-state index contributed by atoms with van der Waals surface area (Å²) in [6.07, 6.45) is 2.18. The number of aromatic amines is 1. The Bertz CT molecular complexity index is 1090. The van der Waals surface area contributed by atoms with Crippen LogP contribution >= 0.6 is 11.6 Å². The van der Waals surface area contributed by atoms with Crippen LogP contribution in [0.2, 0.25) is 5.02 Å². The molecule has 136 valence electrons. The number of benzene rings is 2. The first kappa shape index (κ1) is 15.8. The van der Waals surface area contributed by atoms with E-state index in [-0.39, 0.29) is 17.4 Å². The number of carbonyl (C=O) groups is 1. The molecule has 2 aliphatic carbocycles. The van der Waals surface area contributed by atoms with Crippen LogP contribution in [0.15, 0.2) is 48.5 Å². The zero-order chi connectivity index (χ0) is 18.3. The molecule has 2 atom stereocenters. The molecule has 0 spiro atoms. The van der Waals surface area contributed by atoms with Crippen molar-refractivity contribution < 1.29 is 4.79 Å². The zero-order valence-corrected chi connectivity index (χ0v) is 16.0. The van der Waals surface area contributed by atoms with Crippen LogP contribution in [0.3, 0.4) is 0 Å². The normalized spacial score (nSPS) is 30.7. The van der Waals surface area contributed by atoms with Crippen molar-refractivity contribution in [1.82, 2.24) is 9.88 Å². The highest BCUT2D eigenvalue weighted by Gasteiger charge is 2.75. The number of nitrogens with zero attached hydrogens (tertiary/aromatic N) is 1. The van der Waals surface area contributed by atoms with Crippen molar-refractivity contribution in [3.63, 3.8) is 0 Å². The maximum atomic E-state index is 13.3. The lowest BCUT2D eigenvalue weighted by Gasteiger charge is -2.39. The second-order valence-corrected chi connectivity index (χ2v) is 8.87. The van der Waals surface area contributed by atoms with Crippen molar-refractivity contribution in [3.05, 3.63) is 70.4 Å². The van der Waals surface area contributed by atoms with E-state index in [4.69, 9.17) is 11.6 Å². The third kappa shape index (κ3) is 2.06. The molecule has 0 saturated heterocycles. The van der Waals surface area contributed by atoms with Crippen molar-refractivity contribution in [2.24, 2.45) is 11.3 Å². The SMILES string of the molecule is CC1c2[nH]c3ccccc3c2C(c2ccccc2Cl)CN1C(=O)C12CC1C2. The van der Waals surface area contributed by atoms with Gasteiger partial charge in [0, 0.05) is 34.1 Å². The number of aromatic nitrogens is 1. The van der Waals surface area contributed by atoms with Crippen LogP contribution in [0.1, 0.15) is 48.5 Å². The highest BCUT2D eigenvalue weighted by Crippen LogP contribution is 2.76. The number of nitrogens with one attached hydrogen (secondary N) is 1. The summed E-state index contributed by atoms with van der Waals surface area (Å²) in [4.78, 5) is 19.0. The molecule has 2 heterocycles. The molecular weight excluding hydrogens is 356 g/mol. The summed E-state index contributed by atoms with van der Waals surface area (Å²) in [6.45, 7) is 2.86. The summed E-state index contributed by atoms with van der Waals surface area (Å²) in [5.41, 5.74) is 4.69. The Balaban J connectivity index is 1.55. The van der Waals surface area contributed by atoms with Gasteiger partial charge < -0.3 is 9.88 Å². The number of fused-ring (bicyclic) bond motifs is 4. The Hall–Kier alpha value is -2.26. The topological polar surface area (TPSA) is 36.1 Å². The summed E-state index contributed by atoms with van der Waals surface area (Å²) < 4.78 is 0. The molecule has 3 aromatic rings. The van der Waals surface area contributed by atoms with Gasteiger partial charge in [-0.1, -0.05) is 48.0 Å². The molecule has 4 heteroatoms. The third-order valence-electron chi connectivity index (χ3n) is 7.04. The first-order chi connectivity index (χ1) is 13.1. The number of halogens is 1. The van der Waals surface area contributed by atoms with E-state index in [0.29, 0.717) is 18.4 Å². The number of carbonyl (C=O) groups excluding carboxylic acids is 1. The maximum absolute atomic E-state index is 13.3. The monoisotopic (exact) mass is 376 g/mol. The average molecular weight is 377 g/mol. The van der Waals surface area contributed by atoms with E-state index in [1.54, 1.807) is 0 Å². The van der Waals surface area contributed by atoms with Gasteiger partial charge in [0.1, 0.15) is 0 Å². The number of H-pyrrole nitrogens is 1. The van der Waals surface area contributed by atoms with Gasteiger partial charge in [-0.15, -0.1) is 0 Å². The lowest BCUT2D eigenvalue weighted by Crippen LogP contribution is -2.43. The van der Waals surface area contributed by atoms with E-state index >= 15 is 0 Å². The molecule has 6 rings (SSSR count). The van der Waals surface area contributed by atoms with Crippen LogP contribution in [0.25, 0.3) is 10.9 Å². The van der Waals surface area contributed by atoms with Gasteiger partial charge in [-0.25, -0.2) is 0 Å². The molecular formula is C23H21ClN2O. The van der Waals surface area contributed by atoms with E-state index in [9.17, 15) is 4.79 Å². The summed E-state index contributed by atoms with van der Waals surface area (Å²) in [6, 6.07) is 16.6. The molecule has 1 aliphatic heterocycles. The molecule has 1 aromatic heterocycles. The van der Waals surface area contributed by atoms with Crippen LogP contribution in [0.4, 0.5) is 0 Å². The molecule has 2 unspecified atom stereocenters. The molecule has 3 aliphatic rings. The van der Waals surface area contributed by atoms with Crippen LogP contribution < -0.4 is 0 Å². The lowest BCUT2D eigenvalue weighted by molar-refractivity contribution is -0.137. The largest absolute Gasteiger partial charge is 0.356 e. The Morgan fingerprint density at radius 2 is 1.85 bits per heavy atom. The van der Waals surface area contributed by atoms with Crippen molar-refractivity contribution in [2.75, 3.05) is 6.54 Å². The smallest absolute Gasteiger partial charge is 0.229 e. The molecule has 1 amide bonds. The van der Waals surface area contributed by atoms with Gasteiger partial charge in [0.15, 0.2) is 0 Å². The first-order valence-electron chi connectivity index (χ1n) is 9.76. The lowest BCUT2D eigenvalue weighted by atomic mass is 9.83. The van der Waals surface area contributed by atoms with Crippen LogP contribution in [0, 0.1) is 11.3 Å². The molecule has 2 saturated carbocycles. The third-order valence-corrected chi connectivity index (χ3v) is 7.38. The summed E-state index contributed by atoms with van der Waals surface area (Å²) >= 11 is 6.60. The second-order valence-electron chi connectivity index (χ2n) is 8.47. The Labute approximate surface area is 163 Å². The van der Waals surface area contributed by atoms with Crippen molar-refractivity contribution >= 4 is 28.4 Å². The average Bonchev–Trinajstić information content (AvgIpc) is 3.51. The molecule has 27 heavy (non-hydrogen) atoms. The van der Waals surface area contributed by atoms with E-state index in [1.807, 2.05) is 18.2 Å². The highest BCUT2D eigenvalue weighted by atomic mass is 35.5. The number of rotatable bonds is 2. The van der Waals surface area contributed by atoms with Gasteiger partial charge in [0.05, 0.1) is 11.5 Å². The molecule has 1 N–H and O–H groups in total. The summed E-state index contributed by atoms with van der Waals surface area (Å²) in [7, 11) is 0. The van der Waals surface area contributed by atoms with Gasteiger partial charge in [-0.3, -0.25) is 4.79 Å². The van der Waals surface area contributed by atoms with Crippen molar-refractivity contribution in [3.8, 4) is 0 Å². The standard InChI is InChI=1S/C23H21ClN2O/c1-13-21-20(16-7-3-5-9-19(16)25-21)17(15-6-2-4-8-18(15)24)12-26(13)22(27)23-10-14(23)11-23/h2-9,13-14,17,25H,10-12H2,1H3. The molecule has 3 nitrogen and oxygen atoms in total. The second kappa shape index (κ2) is 5.17. The number of hydrogen-bond donors (Lipinski definition) is 1. The predicted octanol–water partition coefficient (Wildman–Crippen LogP) is 5.27. The predicted molar refractivity (Wildman–Crippen MR) is 107 cm³/mol. The van der Waals surface area contributed by atoms with Gasteiger partial charge in [0.2, 0.25) is 5.91 Å². The minimum absolute atomic E-state index is 0.0111. The van der Waals surface area contributed by atoms with Gasteiger partial charge in [-0.05, 0) is 48.9 Å². The van der Waals surface area contributed by atoms with E-state index < -0.39 is 0 Å². The fourth-order valence-electron chi connectivity index (χ4n) is 5.10. The van der Waals surface area contributed by atoms with Crippen LogP contribution in [0.5, 0.6) is 0 Å². The zero-order valence-electron chi connectivity index (χ0n) is 15.2. The number of para-hydroxylation sites is 1. The van der Waals surface area contributed by atoms with Crippen molar-refractivity contribution in [2.45, 2.75) is 31.7 Å². The first-order valence-corrected chi connectivity index (χ1v) is 10.1. The molecule has 0 bridgehead atoms. The maximum Gasteiger partial charge on any atom is 0.229 e. The summed E-state index contributed by atoms with van der Waals surface area (Å²) in [5, 5.41) is 2.01. The Kier molecular flexibility index (Phi) is 3.02. The van der Waals surface area contributed by atoms with E-state index in [0.717, 1.165) is 34.6 Å². The van der Waals surface area contributed by atoms with E-state index in [1.165, 1.54) is 10.9 Å². The Morgan fingerprint density at radius 3 is 2.59 bits per heavy atom. The van der Waals surface area contributed by atoms with Gasteiger partial charge >= 0.3 is 0 Å². The fraction of sp³-hybridized carbons (Fsp3) is 0.348. The van der Waals surface area contributed by atoms with Gasteiger partial charge in [0.25, 0.3) is 0 Å². The van der Waals surface area contributed by atoms with E-state index in [2.05, 4.69) is 47.1 Å². The minimum atomic E-state index is -0.0111. The van der Waals surface area contributed by atoms with Crippen LogP contribution in [-0.2, 0) is 4.79 Å².